The number of hydrogen-bond acceptors (Lipinski definition) is 4. The summed E-state index contributed by atoms with van der Waals surface area (Å²) in [6.07, 6.45) is 3.66. The summed E-state index contributed by atoms with van der Waals surface area (Å²) < 4.78 is 5.45. The second-order valence-corrected chi connectivity index (χ2v) is 5.29. The van der Waals surface area contributed by atoms with E-state index in [0.29, 0.717) is 5.02 Å². The number of rotatable bonds is 4. The maximum Gasteiger partial charge on any atom is 0.142 e. The fourth-order valence-corrected chi connectivity index (χ4v) is 2.78. The van der Waals surface area contributed by atoms with Crippen LogP contribution < -0.4 is 15.4 Å². The summed E-state index contributed by atoms with van der Waals surface area (Å²) in [6.45, 7) is 1.92. The van der Waals surface area contributed by atoms with Crippen LogP contribution in [0.5, 0.6) is 5.75 Å². The van der Waals surface area contributed by atoms with Crippen LogP contribution in [0.4, 0.5) is 5.69 Å². The van der Waals surface area contributed by atoms with Crippen molar-refractivity contribution in [2.75, 3.05) is 31.7 Å². The summed E-state index contributed by atoms with van der Waals surface area (Å²) in [5, 5.41) is 9.75. The van der Waals surface area contributed by atoms with Crippen molar-refractivity contribution in [2.45, 2.75) is 25.3 Å². The molecular weight excluding hydrogens is 264 g/mol. The molecule has 1 atom stereocenters. The SMILES string of the molecule is COc1cc([C@H](N)CO)c(Cl)cc1N1CCCCC1. The van der Waals surface area contributed by atoms with Crippen LogP contribution >= 0.6 is 11.6 Å². The summed E-state index contributed by atoms with van der Waals surface area (Å²) in [7, 11) is 1.64. The lowest BCUT2D eigenvalue weighted by atomic mass is 10.0. The van der Waals surface area contributed by atoms with Crippen LogP contribution in [0.1, 0.15) is 30.9 Å². The fraction of sp³-hybridized carbons (Fsp3) is 0.571. The van der Waals surface area contributed by atoms with Crippen molar-refractivity contribution in [3.05, 3.63) is 22.7 Å². The molecule has 0 saturated carbocycles. The fourth-order valence-electron chi connectivity index (χ4n) is 2.49. The quantitative estimate of drug-likeness (QED) is 0.891. The third-order valence-electron chi connectivity index (χ3n) is 3.59. The van der Waals surface area contributed by atoms with Gasteiger partial charge in [-0.3, -0.25) is 0 Å². The molecule has 0 unspecified atom stereocenters. The smallest absolute Gasteiger partial charge is 0.142 e. The van der Waals surface area contributed by atoms with Crippen molar-refractivity contribution in [1.29, 1.82) is 0 Å². The summed E-state index contributed by atoms with van der Waals surface area (Å²) >= 11 is 6.28. The molecule has 0 aliphatic carbocycles. The molecule has 3 N–H and O–H groups in total. The first-order valence-electron chi connectivity index (χ1n) is 6.66. The molecule has 0 amide bonds. The van der Waals surface area contributed by atoms with Gasteiger partial charge in [0.25, 0.3) is 0 Å². The molecular formula is C14H21ClN2O2. The van der Waals surface area contributed by atoms with Gasteiger partial charge in [-0.2, -0.15) is 0 Å². The Labute approximate surface area is 119 Å². The van der Waals surface area contributed by atoms with Gasteiger partial charge in [0, 0.05) is 18.1 Å². The van der Waals surface area contributed by atoms with Crippen LogP contribution in [0.25, 0.3) is 0 Å². The van der Waals surface area contributed by atoms with E-state index in [-0.39, 0.29) is 6.61 Å². The highest BCUT2D eigenvalue weighted by atomic mass is 35.5. The number of hydrogen-bond donors (Lipinski definition) is 2. The van der Waals surface area contributed by atoms with Gasteiger partial charge in [0.2, 0.25) is 0 Å². The molecule has 0 bridgehead atoms. The minimum absolute atomic E-state index is 0.133. The topological polar surface area (TPSA) is 58.7 Å². The largest absolute Gasteiger partial charge is 0.495 e. The Hall–Kier alpha value is -0.970. The molecule has 5 heteroatoms. The number of piperidine rings is 1. The van der Waals surface area contributed by atoms with E-state index in [2.05, 4.69) is 4.90 Å². The van der Waals surface area contributed by atoms with Crippen molar-refractivity contribution < 1.29 is 9.84 Å². The van der Waals surface area contributed by atoms with Crippen LogP contribution in [-0.2, 0) is 0 Å². The molecule has 1 fully saturated rings. The number of halogens is 1. The first-order chi connectivity index (χ1) is 9.17. The molecule has 1 aliphatic rings. The standard InChI is InChI=1S/C14H21ClN2O2/c1-19-14-7-10(12(16)9-18)11(15)8-13(14)17-5-3-2-4-6-17/h7-8,12,18H,2-6,9,16H2,1H3/t12-/m1/s1. The molecule has 1 heterocycles. The maximum atomic E-state index is 9.16. The highest BCUT2D eigenvalue weighted by molar-refractivity contribution is 6.31. The van der Waals surface area contributed by atoms with Gasteiger partial charge < -0.3 is 20.5 Å². The van der Waals surface area contributed by atoms with Crippen molar-refractivity contribution in [1.82, 2.24) is 0 Å². The molecule has 4 nitrogen and oxygen atoms in total. The maximum absolute atomic E-state index is 9.16. The highest BCUT2D eigenvalue weighted by Crippen LogP contribution is 2.37. The highest BCUT2D eigenvalue weighted by Gasteiger charge is 2.19. The van der Waals surface area contributed by atoms with E-state index in [9.17, 15) is 0 Å². The minimum Gasteiger partial charge on any atom is -0.495 e. The Morgan fingerprint density at radius 3 is 2.63 bits per heavy atom. The summed E-state index contributed by atoms with van der Waals surface area (Å²) in [5.74, 6) is 0.769. The van der Waals surface area contributed by atoms with E-state index >= 15 is 0 Å². The zero-order chi connectivity index (χ0) is 13.8. The van der Waals surface area contributed by atoms with E-state index in [1.807, 2.05) is 12.1 Å². The van der Waals surface area contributed by atoms with Gasteiger partial charge in [0.05, 0.1) is 25.4 Å². The van der Waals surface area contributed by atoms with Crippen LogP contribution in [-0.4, -0.2) is 31.9 Å². The Kier molecular flexibility index (Phi) is 4.91. The van der Waals surface area contributed by atoms with Gasteiger partial charge in [0.1, 0.15) is 5.75 Å². The number of aliphatic hydroxyl groups is 1. The monoisotopic (exact) mass is 284 g/mol. The van der Waals surface area contributed by atoms with E-state index in [1.54, 1.807) is 7.11 Å². The van der Waals surface area contributed by atoms with Gasteiger partial charge in [-0.15, -0.1) is 0 Å². The van der Waals surface area contributed by atoms with Crippen molar-refractivity contribution in [3.63, 3.8) is 0 Å². The summed E-state index contributed by atoms with van der Waals surface area (Å²) in [5.41, 5.74) is 7.58. The number of nitrogens with zero attached hydrogens (tertiary/aromatic N) is 1. The molecule has 2 rings (SSSR count). The summed E-state index contributed by atoms with van der Waals surface area (Å²) in [6, 6.07) is 3.26. The lowest BCUT2D eigenvalue weighted by Crippen LogP contribution is -2.30. The van der Waals surface area contributed by atoms with Crippen molar-refractivity contribution >= 4 is 17.3 Å². The van der Waals surface area contributed by atoms with Gasteiger partial charge in [-0.1, -0.05) is 11.6 Å². The molecule has 1 saturated heterocycles. The van der Waals surface area contributed by atoms with Gasteiger partial charge in [-0.25, -0.2) is 0 Å². The van der Waals surface area contributed by atoms with Gasteiger partial charge >= 0.3 is 0 Å². The van der Waals surface area contributed by atoms with Crippen molar-refractivity contribution in [2.24, 2.45) is 5.73 Å². The number of nitrogens with two attached hydrogens (primary N) is 1. The van der Waals surface area contributed by atoms with E-state index < -0.39 is 6.04 Å². The Balaban J connectivity index is 2.35. The van der Waals surface area contributed by atoms with Crippen LogP contribution in [0, 0.1) is 0 Å². The van der Waals surface area contributed by atoms with E-state index in [0.717, 1.165) is 30.1 Å². The first-order valence-corrected chi connectivity index (χ1v) is 7.04. The van der Waals surface area contributed by atoms with Crippen LogP contribution in [0.3, 0.4) is 0 Å². The number of anilines is 1. The number of aliphatic hydroxyl groups excluding tert-OH is 1. The Morgan fingerprint density at radius 1 is 1.37 bits per heavy atom. The third-order valence-corrected chi connectivity index (χ3v) is 3.92. The van der Waals surface area contributed by atoms with Crippen molar-refractivity contribution in [3.8, 4) is 5.75 Å². The Morgan fingerprint density at radius 2 is 2.05 bits per heavy atom. The first kappa shape index (κ1) is 14.4. The predicted molar refractivity (Wildman–Crippen MR) is 78.1 cm³/mol. The van der Waals surface area contributed by atoms with E-state index in [4.69, 9.17) is 27.2 Å². The second kappa shape index (κ2) is 6.46. The zero-order valence-electron chi connectivity index (χ0n) is 11.2. The molecule has 0 radical (unpaired) electrons. The Bertz CT molecular complexity index is 434. The average Bonchev–Trinajstić information content (AvgIpc) is 2.47. The third kappa shape index (κ3) is 3.14. The normalized spacial score (nSPS) is 17.4. The second-order valence-electron chi connectivity index (χ2n) is 4.88. The molecule has 1 aromatic carbocycles. The van der Waals surface area contributed by atoms with Gasteiger partial charge in [-0.05, 0) is 37.0 Å². The molecule has 0 spiro atoms. The zero-order valence-corrected chi connectivity index (χ0v) is 12.0. The average molecular weight is 285 g/mol. The molecule has 106 valence electrons. The van der Waals surface area contributed by atoms with Crippen LogP contribution in [0.2, 0.25) is 5.02 Å². The van der Waals surface area contributed by atoms with E-state index in [1.165, 1.54) is 19.3 Å². The van der Waals surface area contributed by atoms with Gasteiger partial charge in [0.15, 0.2) is 0 Å². The summed E-state index contributed by atoms with van der Waals surface area (Å²) in [4.78, 5) is 2.29. The molecule has 1 aromatic rings. The van der Waals surface area contributed by atoms with Crippen LogP contribution in [0.15, 0.2) is 12.1 Å². The lowest BCUT2D eigenvalue weighted by molar-refractivity contribution is 0.267. The number of benzene rings is 1. The molecule has 19 heavy (non-hydrogen) atoms. The number of ether oxygens (including phenoxy) is 1. The molecule has 1 aliphatic heterocycles. The minimum atomic E-state index is -0.475. The lowest BCUT2D eigenvalue weighted by Gasteiger charge is -2.30. The number of methoxy groups -OCH3 is 1. The predicted octanol–water partition coefficient (Wildman–Crippen LogP) is 2.33. The molecule has 0 aromatic heterocycles.